The minimum absolute atomic E-state index is 0.110. The van der Waals surface area contributed by atoms with Gasteiger partial charge in [0.25, 0.3) is 10.0 Å². The fraction of sp³-hybridized carbons (Fsp3) is 0. The maximum Gasteiger partial charge on any atom is 0.263 e. The summed E-state index contributed by atoms with van der Waals surface area (Å²) in [7, 11) is -3.89. The molecule has 19 heavy (non-hydrogen) atoms. The lowest BCUT2D eigenvalue weighted by molar-refractivity contribution is 0.596. The highest BCUT2D eigenvalue weighted by molar-refractivity contribution is 9.10. The van der Waals surface area contributed by atoms with E-state index >= 15 is 0 Å². The third-order valence-corrected chi connectivity index (χ3v) is 4.07. The second-order valence-corrected chi connectivity index (χ2v) is 6.25. The van der Waals surface area contributed by atoms with Crippen LogP contribution in [0.2, 0.25) is 0 Å². The minimum atomic E-state index is -3.89. The Balaban J connectivity index is 2.32. The molecule has 2 aromatic rings. The first-order valence-corrected chi connectivity index (χ1v) is 7.35. The number of halogens is 2. The zero-order valence-electron chi connectivity index (χ0n) is 9.47. The van der Waals surface area contributed by atoms with Gasteiger partial charge in [0.05, 0.1) is 10.6 Å². The van der Waals surface area contributed by atoms with Gasteiger partial charge in [-0.25, -0.2) is 17.8 Å². The van der Waals surface area contributed by atoms with Crippen LogP contribution in [0.4, 0.5) is 15.9 Å². The Labute approximate surface area is 117 Å². The van der Waals surface area contributed by atoms with E-state index in [0.717, 1.165) is 6.07 Å². The molecule has 5 nitrogen and oxygen atoms in total. The average molecular weight is 346 g/mol. The van der Waals surface area contributed by atoms with Crippen LogP contribution in [0.1, 0.15) is 0 Å². The Kier molecular flexibility index (Phi) is 3.72. The van der Waals surface area contributed by atoms with Crippen LogP contribution < -0.4 is 10.5 Å². The fourth-order valence-electron chi connectivity index (χ4n) is 1.31. The van der Waals surface area contributed by atoms with E-state index in [1.165, 1.54) is 24.4 Å². The van der Waals surface area contributed by atoms with Gasteiger partial charge in [-0.05, 0) is 46.3 Å². The molecule has 8 heteroatoms. The Morgan fingerprint density at radius 3 is 2.58 bits per heavy atom. The maximum absolute atomic E-state index is 13.3. The van der Waals surface area contributed by atoms with Crippen LogP contribution in [0.5, 0.6) is 0 Å². The Morgan fingerprint density at radius 1 is 1.26 bits per heavy atom. The molecule has 0 saturated carbocycles. The monoisotopic (exact) mass is 345 g/mol. The number of nitrogen functional groups attached to an aromatic ring is 1. The Morgan fingerprint density at radius 2 is 2.00 bits per heavy atom. The van der Waals surface area contributed by atoms with E-state index < -0.39 is 15.8 Å². The standard InChI is InChI=1S/C11H9BrFN3O2S/c12-7-1-4-11(15-6-7)16-19(17,18)8-2-3-10(14)9(13)5-8/h1-6H,14H2,(H,15,16). The van der Waals surface area contributed by atoms with E-state index in [4.69, 9.17) is 5.73 Å². The number of hydrogen-bond acceptors (Lipinski definition) is 4. The Bertz CT molecular complexity index is 704. The number of anilines is 2. The first-order chi connectivity index (χ1) is 8.88. The van der Waals surface area contributed by atoms with E-state index in [2.05, 4.69) is 25.6 Å². The predicted molar refractivity (Wildman–Crippen MR) is 73.6 cm³/mol. The largest absolute Gasteiger partial charge is 0.396 e. The van der Waals surface area contributed by atoms with Gasteiger partial charge < -0.3 is 5.73 Å². The number of nitrogens with two attached hydrogens (primary N) is 1. The fourth-order valence-corrected chi connectivity index (χ4v) is 2.56. The normalized spacial score (nSPS) is 11.3. The summed E-state index contributed by atoms with van der Waals surface area (Å²) in [5.41, 5.74) is 5.18. The highest BCUT2D eigenvalue weighted by atomic mass is 79.9. The summed E-state index contributed by atoms with van der Waals surface area (Å²) in [5, 5.41) is 0. The summed E-state index contributed by atoms with van der Waals surface area (Å²) in [6.07, 6.45) is 1.45. The van der Waals surface area contributed by atoms with E-state index in [1.807, 2.05) is 0 Å². The second-order valence-electron chi connectivity index (χ2n) is 3.65. The van der Waals surface area contributed by atoms with Gasteiger partial charge in [-0.2, -0.15) is 0 Å². The molecule has 0 spiro atoms. The van der Waals surface area contributed by atoms with Crippen LogP contribution in [0.15, 0.2) is 45.9 Å². The lowest BCUT2D eigenvalue weighted by Crippen LogP contribution is -2.14. The van der Waals surface area contributed by atoms with Crippen LogP contribution in [0.3, 0.4) is 0 Å². The second kappa shape index (κ2) is 5.14. The molecule has 0 aliphatic heterocycles. The van der Waals surface area contributed by atoms with Crippen LogP contribution in [0, 0.1) is 5.82 Å². The van der Waals surface area contributed by atoms with Crippen molar-refractivity contribution in [2.75, 3.05) is 10.5 Å². The van der Waals surface area contributed by atoms with Gasteiger partial charge in [0.15, 0.2) is 0 Å². The SMILES string of the molecule is Nc1ccc(S(=O)(=O)Nc2ccc(Br)cn2)cc1F. The topological polar surface area (TPSA) is 85.1 Å². The van der Waals surface area contributed by atoms with E-state index in [9.17, 15) is 12.8 Å². The molecule has 0 bridgehead atoms. The number of hydrogen-bond donors (Lipinski definition) is 2. The van der Waals surface area contributed by atoms with Gasteiger partial charge >= 0.3 is 0 Å². The molecule has 0 radical (unpaired) electrons. The van der Waals surface area contributed by atoms with Crippen LogP contribution in [0.25, 0.3) is 0 Å². The number of nitrogens with one attached hydrogen (secondary N) is 1. The van der Waals surface area contributed by atoms with Crippen molar-refractivity contribution in [2.45, 2.75) is 4.90 Å². The lowest BCUT2D eigenvalue weighted by atomic mass is 10.3. The molecule has 1 aromatic heterocycles. The highest BCUT2D eigenvalue weighted by Gasteiger charge is 2.16. The quantitative estimate of drug-likeness (QED) is 0.836. The lowest BCUT2D eigenvalue weighted by Gasteiger charge is -2.08. The molecule has 0 atom stereocenters. The van der Waals surface area contributed by atoms with Crippen LogP contribution >= 0.6 is 15.9 Å². The molecule has 0 amide bonds. The summed E-state index contributed by atoms with van der Waals surface area (Å²) in [6, 6.07) is 6.39. The van der Waals surface area contributed by atoms with Gasteiger partial charge in [-0.3, -0.25) is 4.72 Å². The van der Waals surface area contributed by atoms with Crippen LogP contribution in [-0.4, -0.2) is 13.4 Å². The number of aromatic nitrogens is 1. The number of rotatable bonds is 3. The molecule has 100 valence electrons. The average Bonchev–Trinajstić information content (AvgIpc) is 2.35. The molecular formula is C11H9BrFN3O2S. The van der Waals surface area contributed by atoms with Crippen molar-refractivity contribution in [1.82, 2.24) is 4.98 Å². The van der Waals surface area contributed by atoms with Crippen molar-refractivity contribution < 1.29 is 12.8 Å². The summed E-state index contributed by atoms with van der Waals surface area (Å²) in [6.45, 7) is 0. The van der Waals surface area contributed by atoms with Gasteiger partial charge in [0.2, 0.25) is 0 Å². The predicted octanol–water partition coefficient (Wildman–Crippen LogP) is 2.37. The van der Waals surface area contributed by atoms with Crippen molar-refractivity contribution in [3.63, 3.8) is 0 Å². The van der Waals surface area contributed by atoms with Crippen molar-refractivity contribution in [3.8, 4) is 0 Å². The maximum atomic E-state index is 13.3. The van der Waals surface area contributed by atoms with Gasteiger partial charge in [0, 0.05) is 10.7 Å². The third kappa shape index (κ3) is 3.21. The molecule has 1 heterocycles. The minimum Gasteiger partial charge on any atom is -0.396 e. The number of sulfonamides is 1. The highest BCUT2D eigenvalue weighted by Crippen LogP contribution is 2.19. The number of pyridine rings is 1. The summed E-state index contributed by atoms with van der Waals surface area (Å²) < 4.78 is 40.2. The van der Waals surface area contributed by atoms with Crippen molar-refractivity contribution >= 4 is 37.5 Å². The van der Waals surface area contributed by atoms with Crippen molar-refractivity contribution in [2.24, 2.45) is 0 Å². The molecule has 0 fully saturated rings. The molecule has 1 aromatic carbocycles. The van der Waals surface area contributed by atoms with Crippen molar-refractivity contribution in [3.05, 3.63) is 46.8 Å². The zero-order valence-corrected chi connectivity index (χ0v) is 11.9. The summed E-state index contributed by atoms with van der Waals surface area (Å²) in [4.78, 5) is 3.65. The van der Waals surface area contributed by atoms with Gasteiger partial charge in [-0.1, -0.05) is 0 Å². The first kappa shape index (κ1) is 13.8. The Hall–Kier alpha value is -1.67. The summed E-state index contributed by atoms with van der Waals surface area (Å²) in [5.74, 6) is -0.646. The molecule has 0 unspecified atom stereocenters. The van der Waals surface area contributed by atoms with Gasteiger partial charge in [-0.15, -0.1) is 0 Å². The van der Waals surface area contributed by atoms with E-state index in [-0.39, 0.29) is 16.4 Å². The van der Waals surface area contributed by atoms with E-state index in [1.54, 1.807) is 6.07 Å². The third-order valence-electron chi connectivity index (χ3n) is 2.25. The summed E-state index contributed by atoms with van der Waals surface area (Å²) >= 11 is 3.18. The van der Waals surface area contributed by atoms with Crippen molar-refractivity contribution in [1.29, 1.82) is 0 Å². The molecule has 2 rings (SSSR count). The first-order valence-electron chi connectivity index (χ1n) is 5.08. The smallest absolute Gasteiger partial charge is 0.263 e. The molecule has 0 aliphatic rings. The van der Waals surface area contributed by atoms with Crippen LogP contribution in [-0.2, 0) is 10.0 Å². The number of benzene rings is 1. The number of nitrogens with zero attached hydrogens (tertiary/aromatic N) is 1. The zero-order chi connectivity index (χ0) is 14.0. The molecule has 0 saturated heterocycles. The van der Waals surface area contributed by atoms with Gasteiger partial charge in [0.1, 0.15) is 11.6 Å². The van der Waals surface area contributed by atoms with E-state index in [0.29, 0.717) is 4.47 Å². The molecular weight excluding hydrogens is 337 g/mol. The molecule has 0 aliphatic carbocycles. The molecule has 3 N–H and O–H groups in total.